The van der Waals surface area contributed by atoms with Gasteiger partial charge in [-0.15, -0.1) is 0 Å². The van der Waals surface area contributed by atoms with Gasteiger partial charge in [0.1, 0.15) is 5.69 Å². The number of rotatable bonds is 4. The summed E-state index contributed by atoms with van der Waals surface area (Å²) < 4.78 is 0. The average Bonchev–Trinajstić information content (AvgIpc) is 2.90. The van der Waals surface area contributed by atoms with Crippen molar-refractivity contribution < 1.29 is 4.79 Å². The minimum Gasteiger partial charge on any atom is -0.308 e. The molecule has 0 spiro atoms. The molecular formula is C17H21N3O2. The highest BCUT2D eigenvalue weighted by Crippen LogP contribution is 2.28. The van der Waals surface area contributed by atoms with Crippen molar-refractivity contribution in [3.63, 3.8) is 0 Å². The van der Waals surface area contributed by atoms with Crippen molar-refractivity contribution >= 4 is 5.78 Å². The standard InChI is InChI=1S/C17H21N3O2/c1-12(21)16-15(18-17(22)19-16)11-20-9-7-14(8-10-20)13-5-3-2-4-6-13/h2-6,14H,7-11H2,1H3,(H2,18,19,22). The van der Waals surface area contributed by atoms with Gasteiger partial charge < -0.3 is 9.97 Å². The second kappa shape index (κ2) is 6.32. The lowest BCUT2D eigenvalue weighted by Crippen LogP contribution is -2.33. The van der Waals surface area contributed by atoms with Crippen molar-refractivity contribution in [2.24, 2.45) is 0 Å². The van der Waals surface area contributed by atoms with E-state index in [1.165, 1.54) is 12.5 Å². The fourth-order valence-corrected chi connectivity index (χ4v) is 3.21. The van der Waals surface area contributed by atoms with Crippen molar-refractivity contribution in [3.05, 3.63) is 57.8 Å². The highest BCUT2D eigenvalue weighted by molar-refractivity contribution is 5.93. The van der Waals surface area contributed by atoms with E-state index in [1.807, 2.05) is 6.07 Å². The zero-order valence-corrected chi connectivity index (χ0v) is 12.8. The van der Waals surface area contributed by atoms with Crippen LogP contribution in [0.2, 0.25) is 0 Å². The summed E-state index contributed by atoms with van der Waals surface area (Å²) in [5, 5.41) is 0. The van der Waals surface area contributed by atoms with Gasteiger partial charge in [0.25, 0.3) is 0 Å². The molecular weight excluding hydrogens is 278 g/mol. The summed E-state index contributed by atoms with van der Waals surface area (Å²) in [5.74, 6) is 0.502. The number of imidazole rings is 1. The maximum Gasteiger partial charge on any atom is 0.323 e. The molecule has 0 saturated carbocycles. The van der Waals surface area contributed by atoms with Crippen LogP contribution in [0.25, 0.3) is 0 Å². The molecule has 0 radical (unpaired) electrons. The van der Waals surface area contributed by atoms with Crippen molar-refractivity contribution in [1.29, 1.82) is 0 Å². The predicted molar refractivity (Wildman–Crippen MR) is 85.1 cm³/mol. The molecule has 0 amide bonds. The Labute approximate surface area is 129 Å². The van der Waals surface area contributed by atoms with Crippen molar-refractivity contribution in [3.8, 4) is 0 Å². The van der Waals surface area contributed by atoms with Crippen LogP contribution in [0, 0.1) is 0 Å². The molecule has 1 aliphatic heterocycles. The van der Waals surface area contributed by atoms with E-state index in [0.717, 1.165) is 25.9 Å². The molecule has 1 aliphatic rings. The minimum absolute atomic E-state index is 0.104. The van der Waals surface area contributed by atoms with Gasteiger partial charge in [0.05, 0.1) is 5.69 Å². The summed E-state index contributed by atoms with van der Waals surface area (Å²) in [5.41, 5.74) is 2.21. The van der Waals surface area contributed by atoms with Crippen LogP contribution in [0.1, 0.15) is 47.4 Å². The molecule has 116 valence electrons. The molecule has 0 aliphatic carbocycles. The van der Waals surface area contributed by atoms with Crippen LogP contribution in [0.5, 0.6) is 0 Å². The van der Waals surface area contributed by atoms with E-state index in [4.69, 9.17) is 0 Å². The number of hydrogen-bond acceptors (Lipinski definition) is 3. The van der Waals surface area contributed by atoms with E-state index < -0.39 is 0 Å². The van der Waals surface area contributed by atoms with Gasteiger partial charge in [0.2, 0.25) is 0 Å². The number of aromatic nitrogens is 2. The van der Waals surface area contributed by atoms with Crippen LogP contribution in [0.15, 0.2) is 35.1 Å². The summed E-state index contributed by atoms with van der Waals surface area (Å²) in [6.45, 7) is 4.05. The molecule has 0 bridgehead atoms. The lowest BCUT2D eigenvalue weighted by molar-refractivity contribution is 0.101. The van der Waals surface area contributed by atoms with E-state index >= 15 is 0 Å². The van der Waals surface area contributed by atoms with Crippen LogP contribution in [-0.2, 0) is 6.54 Å². The molecule has 0 unspecified atom stereocenters. The Bertz CT molecular complexity index is 694. The maximum atomic E-state index is 11.5. The number of nitrogens with zero attached hydrogens (tertiary/aromatic N) is 1. The Morgan fingerprint density at radius 3 is 2.50 bits per heavy atom. The normalized spacial score (nSPS) is 16.8. The SMILES string of the molecule is CC(=O)c1[nH]c(=O)[nH]c1CN1CCC(c2ccccc2)CC1. The molecule has 2 N–H and O–H groups in total. The minimum atomic E-state index is -0.306. The quantitative estimate of drug-likeness (QED) is 0.851. The zero-order chi connectivity index (χ0) is 15.5. The highest BCUT2D eigenvalue weighted by atomic mass is 16.1. The zero-order valence-electron chi connectivity index (χ0n) is 12.8. The van der Waals surface area contributed by atoms with Gasteiger partial charge in [-0.3, -0.25) is 9.69 Å². The molecule has 1 aromatic heterocycles. The second-order valence-electron chi connectivity index (χ2n) is 5.95. The molecule has 1 aromatic carbocycles. The Hall–Kier alpha value is -2.14. The van der Waals surface area contributed by atoms with E-state index in [1.54, 1.807) is 0 Å². The third kappa shape index (κ3) is 3.20. The Kier molecular flexibility index (Phi) is 4.24. The van der Waals surface area contributed by atoms with Gasteiger partial charge in [0.15, 0.2) is 5.78 Å². The van der Waals surface area contributed by atoms with Crippen LogP contribution in [0.3, 0.4) is 0 Å². The number of carbonyl (C=O) groups is 1. The number of ketones is 1. The molecule has 22 heavy (non-hydrogen) atoms. The summed E-state index contributed by atoms with van der Waals surface area (Å²) in [4.78, 5) is 30.6. The van der Waals surface area contributed by atoms with Crippen molar-refractivity contribution in [2.75, 3.05) is 13.1 Å². The maximum absolute atomic E-state index is 11.5. The Balaban J connectivity index is 1.63. The fraction of sp³-hybridized carbons (Fsp3) is 0.412. The summed E-state index contributed by atoms with van der Waals surface area (Å²) in [7, 11) is 0. The van der Waals surface area contributed by atoms with Crippen molar-refractivity contribution in [2.45, 2.75) is 32.2 Å². The fourth-order valence-electron chi connectivity index (χ4n) is 3.21. The Morgan fingerprint density at radius 2 is 1.86 bits per heavy atom. The first-order chi connectivity index (χ1) is 10.6. The summed E-state index contributed by atoms with van der Waals surface area (Å²) in [6, 6.07) is 10.6. The monoisotopic (exact) mass is 299 g/mol. The van der Waals surface area contributed by atoms with Crippen LogP contribution in [-0.4, -0.2) is 33.7 Å². The van der Waals surface area contributed by atoms with Crippen LogP contribution in [0.4, 0.5) is 0 Å². The van der Waals surface area contributed by atoms with E-state index in [9.17, 15) is 9.59 Å². The number of H-pyrrole nitrogens is 2. The van der Waals surface area contributed by atoms with Gasteiger partial charge in [-0.25, -0.2) is 4.79 Å². The largest absolute Gasteiger partial charge is 0.323 e. The third-order valence-corrected chi connectivity index (χ3v) is 4.40. The number of likely N-dealkylation sites (tertiary alicyclic amines) is 1. The second-order valence-corrected chi connectivity index (χ2v) is 5.95. The number of hydrogen-bond donors (Lipinski definition) is 2. The van der Waals surface area contributed by atoms with E-state index in [-0.39, 0.29) is 11.5 Å². The lowest BCUT2D eigenvalue weighted by Gasteiger charge is -2.32. The average molecular weight is 299 g/mol. The van der Waals surface area contributed by atoms with Crippen LogP contribution < -0.4 is 5.69 Å². The molecule has 0 atom stereocenters. The number of nitrogens with one attached hydrogen (secondary N) is 2. The number of aromatic amines is 2. The summed E-state index contributed by atoms with van der Waals surface area (Å²) >= 11 is 0. The molecule has 1 saturated heterocycles. The number of Topliss-reactive ketones (excluding diaryl/α,β-unsaturated/α-hetero) is 1. The molecule has 1 fully saturated rings. The molecule has 5 nitrogen and oxygen atoms in total. The topological polar surface area (TPSA) is 69.0 Å². The van der Waals surface area contributed by atoms with Crippen LogP contribution >= 0.6 is 0 Å². The molecule has 3 rings (SSSR count). The number of carbonyl (C=O) groups excluding carboxylic acids is 1. The van der Waals surface area contributed by atoms with Gasteiger partial charge in [-0.1, -0.05) is 30.3 Å². The van der Waals surface area contributed by atoms with E-state index in [2.05, 4.69) is 39.1 Å². The van der Waals surface area contributed by atoms with Crippen molar-refractivity contribution in [1.82, 2.24) is 14.9 Å². The van der Waals surface area contributed by atoms with E-state index in [0.29, 0.717) is 23.9 Å². The third-order valence-electron chi connectivity index (χ3n) is 4.40. The number of benzene rings is 1. The molecule has 2 aromatic rings. The highest BCUT2D eigenvalue weighted by Gasteiger charge is 2.22. The first-order valence-corrected chi connectivity index (χ1v) is 7.73. The molecule has 5 heteroatoms. The predicted octanol–water partition coefficient (Wildman–Crippen LogP) is 2.29. The first kappa shape index (κ1) is 14.8. The lowest BCUT2D eigenvalue weighted by atomic mass is 9.89. The van der Waals surface area contributed by atoms with Gasteiger partial charge in [0, 0.05) is 13.5 Å². The van der Waals surface area contributed by atoms with Gasteiger partial charge in [-0.2, -0.15) is 0 Å². The first-order valence-electron chi connectivity index (χ1n) is 7.73. The number of piperidine rings is 1. The van der Waals surface area contributed by atoms with Gasteiger partial charge in [-0.05, 0) is 37.4 Å². The molecule has 2 heterocycles. The Morgan fingerprint density at radius 1 is 1.18 bits per heavy atom. The smallest absolute Gasteiger partial charge is 0.308 e. The summed E-state index contributed by atoms with van der Waals surface area (Å²) in [6.07, 6.45) is 2.21. The van der Waals surface area contributed by atoms with Gasteiger partial charge >= 0.3 is 5.69 Å².